The molecule has 0 aliphatic carbocycles. The van der Waals surface area contributed by atoms with Crippen LogP contribution in [-0.4, -0.2) is 57.1 Å². The molecule has 0 bridgehead atoms. The molecule has 8 nitrogen and oxygen atoms in total. The number of nitrogens with zero attached hydrogens (tertiary/aromatic N) is 3. The lowest BCUT2D eigenvalue weighted by Gasteiger charge is -2.40. The third-order valence-electron chi connectivity index (χ3n) is 3.93. The summed E-state index contributed by atoms with van der Waals surface area (Å²) in [5.74, 6) is 0. The Morgan fingerprint density at radius 1 is 1.36 bits per heavy atom. The van der Waals surface area contributed by atoms with E-state index in [1.165, 1.54) is 22.9 Å². The highest BCUT2D eigenvalue weighted by atomic mass is 32.5. The molecule has 0 radical (unpaired) electrons. The number of amides is 1. The molecule has 0 N–H and O–H groups in total. The summed E-state index contributed by atoms with van der Waals surface area (Å²) < 4.78 is 27.4. The number of oxime groups is 1. The van der Waals surface area contributed by atoms with E-state index in [1.54, 1.807) is 6.92 Å². The zero-order valence-corrected chi connectivity index (χ0v) is 20.8. The van der Waals surface area contributed by atoms with Gasteiger partial charge in [-0.3, -0.25) is 4.84 Å². The van der Waals surface area contributed by atoms with Crippen molar-refractivity contribution < 1.29 is 23.2 Å². The molecule has 1 fully saturated rings. The van der Waals surface area contributed by atoms with Crippen LogP contribution in [0, 0.1) is 5.41 Å². The fourth-order valence-electron chi connectivity index (χ4n) is 2.08. The van der Waals surface area contributed by atoms with Gasteiger partial charge in [-0.2, -0.15) is 0 Å². The average Bonchev–Trinajstić information content (AvgIpc) is 2.67. The van der Waals surface area contributed by atoms with E-state index in [0.29, 0.717) is 24.8 Å². The van der Waals surface area contributed by atoms with Crippen molar-refractivity contribution >= 4 is 52.9 Å². The summed E-state index contributed by atoms with van der Waals surface area (Å²) in [6.07, 6.45) is 4.88. The second-order valence-electron chi connectivity index (χ2n) is 7.22. The molecule has 0 aromatic carbocycles. The molecule has 1 aliphatic heterocycles. The molecule has 164 valence electrons. The van der Waals surface area contributed by atoms with Crippen LogP contribution in [0.25, 0.3) is 0 Å². The fraction of sp³-hybridized carbons (Fsp3) is 0.875. The smallest absolute Gasteiger partial charge is 0.479 e. The van der Waals surface area contributed by atoms with Crippen LogP contribution in [-0.2, 0) is 37.2 Å². The number of hydrogen-bond donors (Lipinski definition) is 0. The molecule has 0 spiro atoms. The Morgan fingerprint density at radius 2 is 1.96 bits per heavy atom. The fourth-order valence-corrected chi connectivity index (χ4v) is 7.04. The second kappa shape index (κ2) is 12.1. The van der Waals surface area contributed by atoms with Crippen molar-refractivity contribution in [3.8, 4) is 0 Å². The predicted octanol–water partition coefficient (Wildman–Crippen LogP) is 4.51. The van der Waals surface area contributed by atoms with Crippen LogP contribution in [0.1, 0.15) is 53.4 Å². The first-order valence-electron chi connectivity index (χ1n) is 9.18. The lowest BCUT2D eigenvalue weighted by Crippen LogP contribution is -2.45. The number of rotatable bonds is 9. The summed E-state index contributed by atoms with van der Waals surface area (Å²) in [5, 5.41) is 4.28. The summed E-state index contributed by atoms with van der Waals surface area (Å²) in [5.41, 5.74) is -0.160. The van der Waals surface area contributed by atoms with Crippen LogP contribution in [0.2, 0.25) is 0 Å². The van der Waals surface area contributed by atoms with Gasteiger partial charge in [0.1, 0.15) is 5.04 Å². The third-order valence-corrected chi connectivity index (χ3v) is 10.0. The van der Waals surface area contributed by atoms with Crippen molar-refractivity contribution in [2.75, 3.05) is 33.1 Å². The van der Waals surface area contributed by atoms with E-state index in [1.807, 2.05) is 20.1 Å². The number of unbranched alkanes of at least 4 members (excludes halogenated alkanes) is 3. The van der Waals surface area contributed by atoms with Crippen LogP contribution < -0.4 is 0 Å². The maximum absolute atomic E-state index is 13.1. The topological polar surface area (TPSA) is 86.7 Å². The van der Waals surface area contributed by atoms with Crippen molar-refractivity contribution in [1.29, 1.82) is 0 Å². The SMILES string of the molecule is CCCCCCN([S+]([O-])N(C)C(=O)ON=C(C)SC)P1(=S)OCC(C)(C)CO1. The van der Waals surface area contributed by atoms with E-state index in [-0.39, 0.29) is 5.41 Å². The molecule has 28 heavy (non-hydrogen) atoms. The van der Waals surface area contributed by atoms with Gasteiger partial charge in [-0.1, -0.05) is 45.2 Å². The Balaban J connectivity index is 2.90. The molecular weight excluding hydrogens is 441 g/mol. The van der Waals surface area contributed by atoms with Crippen LogP contribution in [0.4, 0.5) is 4.79 Å². The maximum Gasteiger partial charge on any atom is 0.479 e. The summed E-state index contributed by atoms with van der Waals surface area (Å²) in [7, 11) is 1.39. The molecule has 1 heterocycles. The zero-order chi connectivity index (χ0) is 21.4. The molecule has 0 saturated carbocycles. The van der Waals surface area contributed by atoms with Crippen molar-refractivity contribution in [2.24, 2.45) is 10.6 Å². The Labute approximate surface area is 181 Å². The molecule has 1 unspecified atom stereocenters. The molecule has 1 aliphatic rings. The highest BCUT2D eigenvalue weighted by Gasteiger charge is 2.46. The molecule has 1 atom stereocenters. The third kappa shape index (κ3) is 8.10. The van der Waals surface area contributed by atoms with E-state index < -0.39 is 24.3 Å². The van der Waals surface area contributed by atoms with E-state index in [9.17, 15) is 9.35 Å². The molecular formula is C16H32N3O5PS3. The highest BCUT2D eigenvalue weighted by molar-refractivity contribution is 8.13. The van der Waals surface area contributed by atoms with Gasteiger partial charge in [0, 0.05) is 5.41 Å². The van der Waals surface area contributed by atoms with Gasteiger partial charge < -0.3 is 13.6 Å². The van der Waals surface area contributed by atoms with E-state index >= 15 is 0 Å². The van der Waals surface area contributed by atoms with Crippen molar-refractivity contribution in [1.82, 2.24) is 8.38 Å². The Kier molecular flexibility index (Phi) is 11.3. The molecule has 12 heteroatoms. The first-order valence-corrected chi connectivity index (χ1v) is 14.1. The van der Waals surface area contributed by atoms with Crippen molar-refractivity contribution in [3.63, 3.8) is 0 Å². The molecule has 1 rings (SSSR count). The lowest BCUT2D eigenvalue weighted by atomic mass is 9.97. The van der Waals surface area contributed by atoms with Crippen LogP contribution in [0.5, 0.6) is 0 Å². The average molecular weight is 474 g/mol. The summed E-state index contributed by atoms with van der Waals surface area (Å²) in [6, 6.07) is 0. The molecule has 1 saturated heterocycles. The van der Waals surface area contributed by atoms with Gasteiger partial charge in [0.15, 0.2) is 11.5 Å². The Bertz CT molecular complexity index is 580. The summed E-state index contributed by atoms with van der Waals surface area (Å²) in [6.45, 7) is 6.14. The van der Waals surface area contributed by atoms with Gasteiger partial charge in [0.25, 0.3) is 0 Å². The molecule has 1 amide bonds. The quantitative estimate of drug-likeness (QED) is 0.0920. The largest absolute Gasteiger partial charge is 0.573 e. The summed E-state index contributed by atoms with van der Waals surface area (Å²) in [4.78, 5) is 17.1. The lowest BCUT2D eigenvalue weighted by molar-refractivity contribution is 0.0492. The molecule has 0 aromatic rings. The van der Waals surface area contributed by atoms with E-state index in [4.69, 9.17) is 25.7 Å². The first kappa shape index (κ1) is 26.2. The standard InChI is InChI=1S/C16H32N3O5PS3/c1-7-8-9-10-11-19(25(26)22-12-16(3,4)13-23-25)28(21)18(5)15(20)24-17-14(2)27-6/h7-13H2,1-6H3. The Morgan fingerprint density at radius 3 is 2.50 bits per heavy atom. The second-order valence-corrected chi connectivity index (χ2v) is 13.3. The van der Waals surface area contributed by atoms with Gasteiger partial charge in [-0.25, -0.2) is 4.79 Å². The number of carbonyl (C=O) groups excluding carboxylic acids is 1. The highest BCUT2D eigenvalue weighted by Crippen LogP contribution is 2.58. The van der Waals surface area contributed by atoms with Gasteiger partial charge in [0.2, 0.25) is 0 Å². The van der Waals surface area contributed by atoms with Gasteiger partial charge >= 0.3 is 12.7 Å². The molecule has 0 aromatic heterocycles. The number of thioether (sulfide) groups is 1. The number of hydrogen-bond acceptors (Lipinski definition) is 8. The first-order chi connectivity index (χ1) is 13.1. The van der Waals surface area contributed by atoms with Gasteiger partial charge in [-0.15, -0.1) is 16.1 Å². The minimum Gasteiger partial charge on any atom is -0.573 e. The van der Waals surface area contributed by atoms with E-state index in [2.05, 4.69) is 12.1 Å². The van der Waals surface area contributed by atoms with Crippen LogP contribution in [0.15, 0.2) is 5.16 Å². The maximum atomic E-state index is 13.1. The minimum atomic E-state index is -2.97. The van der Waals surface area contributed by atoms with Crippen LogP contribution >= 0.6 is 18.4 Å². The number of carbonyl (C=O) groups is 1. The van der Waals surface area contributed by atoms with E-state index in [0.717, 1.165) is 30.0 Å². The monoisotopic (exact) mass is 473 g/mol. The van der Waals surface area contributed by atoms with Crippen LogP contribution in [0.3, 0.4) is 0 Å². The van der Waals surface area contributed by atoms with Crippen molar-refractivity contribution in [2.45, 2.75) is 53.4 Å². The predicted molar refractivity (Wildman–Crippen MR) is 120 cm³/mol. The zero-order valence-electron chi connectivity index (χ0n) is 17.5. The summed E-state index contributed by atoms with van der Waals surface area (Å²) >= 11 is 5.09. The van der Waals surface area contributed by atoms with Gasteiger partial charge in [-0.05, 0) is 35.5 Å². The van der Waals surface area contributed by atoms with Gasteiger partial charge in [0.05, 0.1) is 26.8 Å². The Hall–Kier alpha value is 0.130. The minimum absolute atomic E-state index is 0.160. The normalized spacial score (nSPS) is 20.1. The van der Waals surface area contributed by atoms with Crippen molar-refractivity contribution in [3.05, 3.63) is 0 Å².